The summed E-state index contributed by atoms with van der Waals surface area (Å²) in [5.41, 5.74) is 2.04. The second kappa shape index (κ2) is 5.74. The molecule has 5 nitrogen and oxygen atoms in total. The lowest BCUT2D eigenvalue weighted by molar-refractivity contribution is 0.236. The van der Waals surface area contributed by atoms with Gasteiger partial charge < -0.3 is 15.4 Å². The van der Waals surface area contributed by atoms with Crippen LogP contribution < -0.4 is 15.4 Å². The van der Waals surface area contributed by atoms with Crippen molar-refractivity contribution in [2.24, 2.45) is 0 Å². The van der Waals surface area contributed by atoms with Crippen molar-refractivity contribution in [3.05, 3.63) is 42.7 Å². The number of methoxy groups -OCH3 is 1. The number of hydrogen-bond acceptors (Lipinski definition) is 3. The van der Waals surface area contributed by atoms with Crippen LogP contribution in [0.15, 0.2) is 42.7 Å². The van der Waals surface area contributed by atoms with Crippen LogP contribution in [0.3, 0.4) is 0 Å². The Hall–Kier alpha value is -2.27. The van der Waals surface area contributed by atoms with Gasteiger partial charge in [-0.2, -0.15) is 0 Å². The number of carbonyl (C=O) groups excluding carboxylic acids is 1. The standard InChI is InChI=1S/C18H21N3O2/c1-23-15-4-2-3-12(9-15)13-7-8-21(11-13)18(22)20-17-10-14-5-6-16(17)19-14/h2-4,7-9,11,14,16-17,19H,5-6,10H2,1H3,(H,20,22)/t14-,16+,17-/m1/s1. The summed E-state index contributed by atoms with van der Waals surface area (Å²) in [7, 11) is 1.65. The van der Waals surface area contributed by atoms with E-state index in [2.05, 4.69) is 10.6 Å². The molecule has 2 aliphatic heterocycles. The van der Waals surface area contributed by atoms with E-state index in [0.29, 0.717) is 12.1 Å². The SMILES string of the molecule is COc1cccc(-c2ccn(C(=O)N[C@@H]3C[C@H]4CC[C@@H]3N4)c2)c1. The van der Waals surface area contributed by atoms with E-state index in [1.807, 2.05) is 42.7 Å². The van der Waals surface area contributed by atoms with Crippen molar-refractivity contribution < 1.29 is 9.53 Å². The minimum Gasteiger partial charge on any atom is -0.497 e. The first-order chi connectivity index (χ1) is 11.2. The molecule has 1 aromatic heterocycles. The van der Waals surface area contributed by atoms with Crippen molar-refractivity contribution >= 4 is 6.03 Å². The van der Waals surface area contributed by atoms with Gasteiger partial charge in [-0.3, -0.25) is 4.57 Å². The summed E-state index contributed by atoms with van der Waals surface area (Å²) in [6.07, 6.45) is 7.12. The Bertz CT molecular complexity index is 725. The number of carbonyl (C=O) groups is 1. The Morgan fingerprint density at radius 2 is 2.22 bits per heavy atom. The van der Waals surface area contributed by atoms with Crippen LogP contribution in [-0.2, 0) is 0 Å². The van der Waals surface area contributed by atoms with E-state index in [-0.39, 0.29) is 12.1 Å². The first kappa shape index (κ1) is 14.3. The van der Waals surface area contributed by atoms with Crippen LogP contribution in [0.2, 0.25) is 0 Å². The normalized spacial score (nSPS) is 25.5. The van der Waals surface area contributed by atoms with E-state index >= 15 is 0 Å². The number of amides is 1. The molecule has 2 bridgehead atoms. The summed E-state index contributed by atoms with van der Waals surface area (Å²) in [6, 6.07) is 11.0. The predicted molar refractivity (Wildman–Crippen MR) is 88.7 cm³/mol. The molecule has 5 heteroatoms. The van der Waals surface area contributed by atoms with Crippen LogP contribution in [-0.4, -0.2) is 35.8 Å². The van der Waals surface area contributed by atoms with Crippen molar-refractivity contribution in [1.29, 1.82) is 0 Å². The highest BCUT2D eigenvalue weighted by molar-refractivity contribution is 5.79. The lowest BCUT2D eigenvalue weighted by atomic mass is 9.96. The first-order valence-corrected chi connectivity index (χ1v) is 8.12. The van der Waals surface area contributed by atoms with Gasteiger partial charge in [0.2, 0.25) is 0 Å². The fraction of sp³-hybridized carbons (Fsp3) is 0.389. The maximum atomic E-state index is 12.4. The van der Waals surface area contributed by atoms with Gasteiger partial charge in [0, 0.05) is 36.1 Å². The lowest BCUT2D eigenvalue weighted by Crippen LogP contribution is -2.44. The molecular weight excluding hydrogens is 290 g/mol. The Morgan fingerprint density at radius 3 is 2.96 bits per heavy atom. The number of benzene rings is 1. The average Bonchev–Trinajstić information content (AvgIpc) is 3.31. The summed E-state index contributed by atoms with van der Waals surface area (Å²) >= 11 is 0. The first-order valence-electron chi connectivity index (χ1n) is 8.12. The highest BCUT2D eigenvalue weighted by Crippen LogP contribution is 2.28. The van der Waals surface area contributed by atoms with E-state index < -0.39 is 0 Å². The van der Waals surface area contributed by atoms with Crippen molar-refractivity contribution in [1.82, 2.24) is 15.2 Å². The van der Waals surface area contributed by atoms with E-state index in [9.17, 15) is 4.79 Å². The van der Waals surface area contributed by atoms with Crippen LogP contribution in [0, 0.1) is 0 Å². The summed E-state index contributed by atoms with van der Waals surface area (Å²) in [5.74, 6) is 0.813. The quantitative estimate of drug-likeness (QED) is 0.916. The van der Waals surface area contributed by atoms with Gasteiger partial charge in [-0.15, -0.1) is 0 Å². The van der Waals surface area contributed by atoms with Gasteiger partial charge in [0.15, 0.2) is 0 Å². The number of nitrogens with one attached hydrogen (secondary N) is 2. The van der Waals surface area contributed by atoms with Gasteiger partial charge >= 0.3 is 6.03 Å². The van der Waals surface area contributed by atoms with Gasteiger partial charge in [-0.05, 0) is 43.0 Å². The molecule has 4 rings (SSSR count). The molecule has 0 unspecified atom stereocenters. The number of ether oxygens (including phenoxy) is 1. The molecule has 2 N–H and O–H groups in total. The number of rotatable bonds is 3. The zero-order valence-corrected chi connectivity index (χ0v) is 13.2. The van der Waals surface area contributed by atoms with Crippen molar-refractivity contribution in [2.75, 3.05) is 7.11 Å². The molecule has 0 aliphatic carbocycles. The Morgan fingerprint density at radius 1 is 1.30 bits per heavy atom. The zero-order chi connectivity index (χ0) is 15.8. The monoisotopic (exact) mass is 311 g/mol. The molecule has 2 fully saturated rings. The van der Waals surface area contributed by atoms with Gasteiger partial charge in [-0.1, -0.05) is 12.1 Å². The lowest BCUT2D eigenvalue weighted by Gasteiger charge is -2.21. The molecule has 0 spiro atoms. The Labute approximate surface area is 135 Å². The van der Waals surface area contributed by atoms with E-state index in [1.165, 1.54) is 6.42 Å². The zero-order valence-electron chi connectivity index (χ0n) is 13.2. The van der Waals surface area contributed by atoms with Crippen LogP contribution in [0.5, 0.6) is 5.75 Å². The highest BCUT2D eigenvalue weighted by atomic mass is 16.5. The Balaban J connectivity index is 1.47. The maximum absolute atomic E-state index is 12.4. The van der Waals surface area contributed by atoms with Crippen molar-refractivity contribution in [2.45, 2.75) is 37.4 Å². The molecule has 0 radical (unpaired) electrons. The molecule has 2 aliphatic rings. The summed E-state index contributed by atoms with van der Waals surface area (Å²) in [6.45, 7) is 0. The minimum atomic E-state index is -0.0569. The van der Waals surface area contributed by atoms with Crippen LogP contribution >= 0.6 is 0 Å². The molecule has 1 amide bonds. The summed E-state index contributed by atoms with van der Waals surface area (Å²) in [5, 5.41) is 6.69. The molecule has 3 heterocycles. The molecule has 2 aromatic rings. The number of hydrogen-bond donors (Lipinski definition) is 2. The van der Waals surface area contributed by atoms with Crippen LogP contribution in [0.4, 0.5) is 4.79 Å². The fourth-order valence-corrected chi connectivity index (χ4v) is 3.71. The number of fused-ring (bicyclic) bond motifs is 2. The minimum absolute atomic E-state index is 0.0569. The highest BCUT2D eigenvalue weighted by Gasteiger charge is 2.39. The van der Waals surface area contributed by atoms with Gasteiger partial charge in [0.25, 0.3) is 0 Å². The number of aromatic nitrogens is 1. The third-order valence-corrected chi connectivity index (χ3v) is 4.94. The molecule has 120 valence electrons. The molecule has 23 heavy (non-hydrogen) atoms. The van der Waals surface area contributed by atoms with E-state index in [4.69, 9.17) is 4.74 Å². The third-order valence-electron chi connectivity index (χ3n) is 4.94. The van der Waals surface area contributed by atoms with Gasteiger partial charge in [-0.25, -0.2) is 4.79 Å². The van der Waals surface area contributed by atoms with Gasteiger partial charge in [0.1, 0.15) is 5.75 Å². The van der Waals surface area contributed by atoms with Crippen molar-refractivity contribution in [3.63, 3.8) is 0 Å². The topological polar surface area (TPSA) is 55.3 Å². The van der Waals surface area contributed by atoms with Gasteiger partial charge in [0.05, 0.1) is 7.11 Å². The smallest absolute Gasteiger partial charge is 0.325 e. The van der Waals surface area contributed by atoms with Crippen LogP contribution in [0.1, 0.15) is 19.3 Å². The molecule has 1 aromatic carbocycles. The maximum Gasteiger partial charge on any atom is 0.325 e. The van der Waals surface area contributed by atoms with Crippen molar-refractivity contribution in [3.8, 4) is 16.9 Å². The second-order valence-corrected chi connectivity index (χ2v) is 6.38. The molecule has 3 atom stereocenters. The third kappa shape index (κ3) is 2.72. The fourth-order valence-electron chi connectivity index (χ4n) is 3.71. The molecule has 2 saturated heterocycles. The number of nitrogens with zero attached hydrogens (tertiary/aromatic N) is 1. The summed E-state index contributed by atoms with van der Waals surface area (Å²) < 4.78 is 6.88. The second-order valence-electron chi connectivity index (χ2n) is 6.38. The summed E-state index contributed by atoms with van der Waals surface area (Å²) in [4.78, 5) is 12.4. The predicted octanol–water partition coefficient (Wildman–Crippen LogP) is 2.61. The molecule has 0 saturated carbocycles. The Kier molecular flexibility index (Phi) is 3.58. The van der Waals surface area contributed by atoms with Crippen LogP contribution in [0.25, 0.3) is 11.1 Å². The largest absolute Gasteiger partial charge is 0.497 e. The average molecular weight is 311 g/mol. The molecular formula is C18H21N3O2. The van der Waals surface area contributed by atoms with E-state index in [0.717, 1.165) is 29.7 Å². The van der Waals surface area contributed by atoms with E-state index in [1.54, 1.807) is 11.7 Å².